The number of aryl methyl sites for hydroxylation is 2. The number of halogens is 3. The molecule has 0 N–H and O–H groups in total. The molecule has 4 rings (SSSR count). The minimum absolute atomic E-state index is 0.551. The first-order valence-electron chi connectivity index (χ1n) is 8.43. The first kappa shape index (κ1) is 19.0. The SMILES string of the molecule is CCCn1cnc2cc(Cl)ccc21.CCn1cnc2cc(Cl)c(Cl)cc21. The van der Waals surface area contributed by atoms with E-state index in [1.165, 1.54) is 0 Å². The van der Waals surface area contributed by atoms with Gasteiger partial charge in [0.2, 0.25) is 0 Å². The standard InChI is InChI=1S/C10H11ClN2.C9H8Cl2N2/c1-2-5-13-7-12-9-6-8(11)3-4-10(9)13;1-2-13-5-12-8-3-6(10)7(11)4-9(8)13/h3-4,6-7H,2,5H2,1H3;3-5H,2H2,1H3. The smallest absolute Gasteiger partial charge is 0.0958 e. The molecule has 0 aliphatic heterocycles. The molecule has 0 atom stereocenters. The van der Waals surface area contributed by atoms with Crippen LogP contribution in [0.3, 0.4) is 0 Å². The van der Waals surface area contributed by atoms with Crippen molar-refractivity contribution in [3.05, 3.63) is 58.1 Å². The molecule has 0 amide bonds. The summed E-state index contributed by atoms with van der Waals surface area (Å²) in [6.45, 7) is 6.11. The fourth-order valence-electron chi connectivity index (χ4n) is 2.76. The van der Waals surface area contributed by atoms with E-state index >= 15 is 0 Å². The van der Waals surface area contributed by atoms with Crippen molar-refractivity contribution in [2.75, 3.05) is 0 Å². The molecule has 4 nitrogen and oxygen atoms in total. The summed E-state index contributed by atoms with van der Waals surface area (Å²) >= 11 is 17.6. The lowest BCUT2D eigenvalue weighted by atomic mass is 10.3. The number of fused-ring (bicyclic) bond motifs is 2. The van der Waals surface area contributed by atoms with Gasteiger partial charge in [0, 0.05) is 18.1 Å². The molecule has 2 aromatic heterocycles. The van der Waals surface area contributed by atoms with Gasteiger partial charge in [-0.25, -0.2) is 9.97 Å². The average molecular weight is 410 g/mol. The summed E-state index contributed by atoms with van der Waals surface area (Å²) in [7, 11) is 0. The Labute approximate surface area is 167 Å². The summed E-state index contributed by atoms with van der Waals surface area (Å²) < 4.78 is 4.17. The number of imidazole rings is 2. The molecule has 0 aliphatic rings. The molecule has 0 fully saturated rings. The Balaban J connectivity index is 0.000000151. The van der Waals surface area contributed by atoms with Crippen molar-refractivity contribution in [3.63, 3.8) is 0 Å². The highest BCUT2D eigenvalue weighted by Crippen LogP contribution is 2.27. The minimum atomic E-state index is 0.551. The van der Waals surface area contributed by atoms with E-state index in [-0.39, 0.29) is 0 Å². The minimum Gasteiger partial charge on any atom is -0.331 e. The fraction of sp³-hybridized carbons (Fsp3) is 0.263. The van der Waals surface area contributed by atoms with Crippen LogP contribution in [0.1, 0.15) is 20.3 Å². The second kappa shape index (κ2) is 8.30. The van der Waals surface area contributed by atoms with E-state index in [0.29, 0.717) is 10.0 Å². The molecule has 0 spiro atoms. The molecule has 4 aromatic rings. The second-order valence-electron chi connectivity index (χ2n) is 5.86. The summed E-state index contributed by atoms with van der Waals surface area (Å²) in [5, 5.41) is 1.87. The highest BCUT2D eigenvalue weighted by Gasteiger charge is 2.05. The van der Waals surface area contributed by atoms with Crippen LogP contribution in [0.5, 0.6) is 0 Å². The van der Waals surface area contributed by atoms with Gasteiger partial charge < -0.3 is 9.13 Å². The van der Waals surface area contributed by atoms with Crippen LogP contribution in [0.25, 0.3) is 22.1 Å². The quantitative estimate of drug-likeness (QED) is 0.389. The molecule has 0 aliphatic carbocycles. The Kier molecular flexibility index (Phi) is 6.07. The zero-order valence-electron chi connectivity index (χ0n) is 14.6. The van der Waals surface area contributed by atoms with E-state index in [1.807, 2.05) is 35.2 Å². The molecule has 2 aromatic carbocycles. The number of hydrogen-bond donors (Lipinski definition) is 0. The molecule has 0 unspecified atom stereocenters. The van der Waals surface area contributed by atoms with Crippen molar-refractivity contribution in [2.45, 2.75) is 33.4 Å². The third-order valence-corrected chi connectivity index (χ3v) is 5.01. The van der Waals surface area contributed by atoms with Crippen LogP contribution in [0.4, 0.5) is 0 Å². The first-order chi connectivity index (χ1) is 12.5. The van der Waals surface area contributed by atoms with E-state index in [4.69, 9.17) is 34.8 Å². The van der Waals surface area contributed by atoms with Crippen LogP contribution in [-0.2, 0) is 13.1 Å². The number of nitrogens with zero attached hydrogens (tertiary/aromatic N) is 4. The maximum atomic E-state index is 5.90. The van der Waals surface area contributed by atoms with Gasteiger partial charge in [-0.05, 0) is 43.7 Å². The van der Waals surface area contributed by atoms with Crippen molar-refractivity contribution < 1.29 is 0 Å². The molecule has 0 bridgehead atoms. The van der Waals surface area contributed by atoms with Gasteiger partial charge in [-0.1, -0.05) is 41.7 Å². The van der Waals surface area contributed by atoms with E-state index < -0.39 is 0 Å². The largest absolute Gasteiger partial charge is 0.331 e. The summed E-state index contributed by atoms with van der Waals surface area (Å²) in [5.41, 5.74) is 4.04. The summed E-state index contributed by atoms with van der Waals surface area (Å²) in [4.78, 5) is 8.49. The van der Waals surface area contributed by atoms with Crippen molar-refractivity contribution in [2.24, 2.45) is 0 Å². The van der Waals surface area contributed by atoms with Crippen molar-refractivity contribution in [1.29, 1.82) is 0 Å². The third kappa shape index (κ3) is 3.98. The number of aromatic nitrogens is 4. The van der Waals surface area contributed by atoms with Crippen molar-refractivity contribution in [1.82, 2.24) is 19.1 Å². The van der Waals surface area contributed by atoms with Gasteiger partial charge in [0.25, 0.3) is 0 Å². The fourth-order valence-corrected chi connectivity index (χ4v) is 3.24. The highest BCUT2D eigenvalue weighted by molar-refractivity contribution is 6.42. The number of benzene rings is 2. The van der Waals surface area contributed by atoms with Gasteiger partial charge in [-0.3, -0.25) is 0 Å². The lowest BCUT2D eigenvalue weighted by Crippen LogP contribution is -1.93. The monoisotopic (exact) mass is 408 g/mol. The Morgan fingerprint density at radius 1 is 0.808 bits per heavy atom. The molecule has 26 heavy (non-hydrogen) atoms. The van der Waals surface area contributed by atoms with Crippen LogP contribution in [0.2, 0.25) is 15.1 Å². The van der Waals surface area contributed by atoms with Gasteiger partial charge >= 0.3 is 0 Å². The van der Waals surface area contributed by atoms with Crippen LogP contribution in [0.15, 0.2) is 43.0 Å². The predicted molar refractivity (Wildman–Crippen MR) is 110 cm³/mol. The van der Waals surface area contributed by atoms with Crippen LogP contribution in [0, 0.1) is 0 Å². The van der Waals surface area contributed by atoms with Gasteiger partial charge in [-0.15, -0.1) is 0 Å². The van der Waals surface area contributed by atoms with Gasteiger partial charge in [0.05, 0.1) is 44.8 Å². The molecule has 0 saturated carbocycles. The van der Waals surface area contributed by atoms with E-state index in [2.05, 4.69) is 28.4 Å². The molecule has 136 valence electrons. The Morgan fingerprint density at radius 2 is 1.46 bits per heavy atom. The molecule has 2 heterocycles. The normalized spacial score (nSPS) is 11.0. The van der Waals surface area contributed by atoms with Gasteiger partial charge in [0.15, 0.2) is 0 Å². The Hall–Kier alpha value is -1.75. The summed E-state index contributed by atoms with van der Waals surface area (Å²) in [6, 6.07) is 9.43. The van der Waals surface area contributed by atoms with Crippen molar-refractivity contribution in [3.8, 4) is 0 Å². The maximum absolute atomic E-state index is 5.90. The lowest BCUT2D eigenvalue weighted by Gasteiger charge is -2.00. The second-order valence-corrected chi connectivity index (χ2v) is 7.11. The summed E-state index contributed by atoms with van der Waals surface area (Å²) in [5.74, 6) is 0. The zero-order chi connectivity index (χ0) is 18.7. The van der Waals surface area contributed by atoms with E-state index in [1.54, 1.807) is 12.4 Å². The Bertz CT molecular complexity index is 1040. The highest BCUT2D eigenvalue weighted by atomic mass is 35.5. The maximum Gasteiger partial charge on any atom is 0.0958 e. The number of hydrogen-bond acceptors (Lipinski definition) is 2. The lowest BCUT2D eigenvalue weighted by molar-refractivity contribution is 0.697. The molecular formula is C19H19Cl3N4. The van der Waals surface area contributed by atoms with Gasteiger partial charge in [-0.2, -0.15) is 0 Å². The molecule has 0 radical (unpaired) electrons. The average Bonchev–Trinajstić information content (AvgIpc) is 3.20. The third-order valence-electron chi connectivity index (χ3n) is 4.05. The van der Waals surface area contributed by atoms with Crippen LogP contribution < -0.4 is 0 Å². The Morgan fingerprint density at radius 3 is 2.15 bits per heavy atom. The molecule has 7 heteroatoms. The predicted octanol–water partition coefficient (Wildman–Crippen LogP) is 6.46. The molecular weight excluding hydrogens is 391 g/mol. The summed E-state index contributed by atoms with van der Waals surface area (Å²) in [6.07, 6.45) is 4.77. The van der Waals surface area contributed by atoms with E-state index in [0.717, 1.165) is 46.6 Å². The van der Waals surface area contributed by atoms with Crippen LogP contribution >= 0.6 is 34.8 Å². The number of rotatable bonds is 3. The van der Waals surface area contributed by atoms with Crippen LogP contribution in [-0.4, -0.2) is 19.1 Å². The van der Waals surface area contributed by atoms with Crippen molar-refractivity contribution >= 4 is 56.9 Å². The molecule has 0 saturated heterocycles. The first-order valence-corrected chi connectivity index (χ1v) is 9.57. The zero-order valence-corrected chi connectivity index (χ0v) is 16.9. The van der Waals surface area contributed by atoms with Gasteiger partial charge in [0.1, 0.15) is 0 Å². The topological polar surface area (TPSA) is 35.6 Å². The van der Waals surface area contributed by atoms with E-state index in [9.17, 15) is 0 Å².